The minimum atomic E-state index is -5.54. The average Bonchev–Trinajstić information content (AvgIpc) is 3.72. The van der Waals surface area contributed by atoms with Gasteiger partial charge < -0.3 is 50.7 Å². The maximum atomic E-state index is 12.6. The zero-order valence-electron chi connectivity index (χ0n) is 27.7. The summed E-state index contributed by atoms with van der Waals surface area (Å²) in [6.45, 7) is 2.91. The number of aliphatic hydroxyl groups is 5. The molecule has 0 radical (unpaired) electrons. The Hall–Kier alpha value is -4.17. The number of phosphoric ester groups is 2. The van der Waals surface area contributed by atoms with Gasteiger partial charge in [-0.2, -0.15) is 9.74 Å². The number of nitrogens with zero attached hydrogens (tertiary/aromatic N) is 6. The molecule has 4 aliphatic heterocycles. The van der Waals surface area contributed by atoms with Crippen LogP contribution < -0.4 is 47.8 Å². The van der Waals surface area contributed by atoms with Gasteiger partial charge in [-0.1, -0.05) is 6.58 Å². The molecule has 2 unspecified atom stereocenters. The van der Waals surface area contributed by atoms with Crippen LogP contribution in [0.3, 0.4) is 0 Å². The van der Waals surface area contributed by atoms with E-state index in [9.17, 15) is 54.0 Å². The van der Waals surface area contributed by atoms with Crippen molar-refractivity contribution in [2.24, 2.45) is 4.99 Å². The van der Waals surface area contributed by atoms with Crippen molar-refractivity contribution in [1.82, 2.24) is 25.4 Å². The topological polar surface area (TPSA) is 374 Å². The smallest absolute Gasteiger partial charge is 0.388 e. The molecule has 1 aromatic carbocycles. The Morgan fingerprint density at radius 1 is 1.06 bits per heavy atom. The predicted octanol–water partition coefficient (Wildman–Crippen LogP) is -4.53. The number of nitrogens with two attached hydrogens (primary N) is 1. The van der Waals surface area contributed by atoms with Gasteiger partial charge in [0, 0.05) is 0 Å². The lowest BCUT2D eigenvalue weighted by atomic mass is 10.1. The number of H-pyrrole nitrogens is 2. The van der Waals surface area contributed by atoms with Gasteiger partial charge in [-0.3, -0.25) is 33.7 Å². The van der Waals surface area contributed by atoms with E-state index >= 15 is 0 Å². The lowest BCUT2D eigenvalue weighted by molar-refractivity contribution is -0.0718. The molecule has 6 heterocycles. The van der Waals surface area contributed by atoms with Crippen molar-refractivity contribution in [1.29, 1.82) is 0 Å². The number of aromatic amines is 2. The minimum Gasteiger partial charge on any atom is -0.388 e. The van der Waals surface area contributed by atoms with Crippen LogP contribution in [0.1, 0.15) is 5.56 Å². The van der Waals surface area contributed by atoms with E-state index in [2.05, 4.69) is 40.8 Å². The molecule has 25 nitrogen and oxygen atoms in total. The fourth-order valence-corrected chi connectivity index (χ4v) is 8.23. The molecule has 0 saturated carbocycles. The van der Waals surface area contributed by atoms with Crippen molar-refractivity contribution < 1.29 is 62.5 Å². The number of ether oxygens (including phenoxy) is 1. The third kappa shape index (κ3) is 7.07. The molecule has 7 rings (SSSR count). The summed E-state index contributed by atoms with van der Waals surface area (Å²) in [4.78, 5) is 64.4. The Labute approximate surface area is 301 Å². The van der Waals surface area contributed by atoms with Crippen LogP contribution in [0.2, 0.25) is 0 Å². The second kappa shape index (κ2) is 13.8. The van der Waals surface area contributed by atoms with Crippen molar-refractivity contribution in [3.8, 4) is 0 Å². The first-order valence-electron chi connectivity index (χ1n) is 15.8. The summed E-state index contributed by atoms with van der Waals surface area (Å²) in [5.41, 5.74) is 8.27. The summed E-state index contributed by atoms with van der Waals surface area (Å²) in [5, 5.41) is 55.7. The van der Waals surface area contributed by atoms with Gasteiger partial charge in [0.15, 0.2) is 29.8 Å². The minimum absolute atomic E-state index is 0.129. The van der Waals surface area contributed by atoms with Gasteiger partial charge in [0.2, 0.25) is 0 Å². The molecule has 12 N–H and O–H groups in total. The van der Waals surface area contributed by atoms with Crippen molar-refractivity contribution in [3.05, 3.63) is 55.4 Å². The largest absolute Gasteiger partial charge is 0.481 e. The molecule has 2 fully saturated rings. The first-order valence-corrected chi connectivity index (χ1v) is 18.8. The summed E-state index contributed by atoms with van der Waals surface area (Å²) < 4.78 is 44.4. The molecular weight excluding hydrogens is 766 g/mol. The molecule has 2 aromatic heterocycles. The Balaban J connectivity index is 0.947. The zero-order valence-corrected chi connectivity index (χ0v) is 29.5. The molecule has 2 saturated heterocycles. The Bertz CT molecular complexity index is 2320. The van der Waals surface area contributed by atoms with E-state index in [1.807, 2.05) is 4.98 Å². The van der Waals surface area contributed by atoms with Crippen molar-refractivity contribution in [2.45, 2.75) is 56.1 Å². The highest BCUT2D eigenvalue weighted by Gasteiger charge is 2.58. The van der Waals surface area contributed by atoms with Crippen LogP contribution in [-0.2, 0) is 27.2 Å². The number of β-amino-alcohol motifs (C(OH)–C–C–N with tert-alkyl or cyclic N) is 1. The van der Waals surface area contributed by atoms with E-state index in [0.29, 0.717) is 16.5 Å². The summed E-state index contributed by atoms with van der Waals surface area (Å²) >= 11 is 0. The number of phosphoric acid groups is 2. The maximum absolute atomic E-state index is 12.6. The molecular formula is C27H34N10O15P2. The number of fused-ring (bicyclic) bond motifs is 5. The number of benzene rings is 1. The maximum Gasteiger partial charge on any atom is 0.481 e. The van der Waals surface area contributed by atoms with E-state index in [1.165, 1.54) is 16.1 Å². The van der Waals surface area contributed by atoms with Gasteiger partial charge in [0.05, 0.1) is 30.8 Å². The van der Waals surface area contributed by atoms with Gasteiger partial charge in [-0.25, -0.2) is 28.9 Å². The highest BCUT2D eigenvalue weighted by Crippen LogP contribution is 2.60. The van der Waals surface area contributed by atoms with E-state index < -0.39 is 95.8 Å². The molecule has 0 spiro atoms. The number of aromatic nitrogens is 4. The van der Waals surface area contributed by atoms with Crippen molar-refractivity contribution >= 4 is 56.7 Å². The number of aliphatic hydroxyl groups excluding tert-OH is 5. The fraction of sp³-hybridized carbons (Fsp3) is 0.444. The molecule has 54 heavy (non-hydrogen) atoms. The Kier molecular flexibility index (Phi) is 9.77. The monoisotopic (exact) mass is 800 g/mol. The zero-order chi connectivity index (χ0) is 39.0. The van der Waals surface area contributed by atoms with Crippen molar-refractivity contribution in [3.63, 3.8) is 0 Å². The van der Waals surface area contributed by atoms with E-state index in [-0.39, 0.29) is 34.2 Å². The van der Waals surface area contributed by atoms with Gasteiger partial charge in [-0.05, 0) is 29.8 Å². The quantitative estimate of drug-likeness (QED) is 0.0573. The van der Waals surface area contributed by atoms with E-state index in [0.717, 1.165) is 0 Å². The van der Waals surface area contributed by atoms with E-state index in [4.69, 9.17) is 15.0 Å². The first-order chi connectivity index (χ1) is 25.4. The summed E-state index contributed by atoms with van der Waals surface area (Å²) in [6, 6.07) is 3.16. The molecule has 4 aliphatic rings. The third-order valence-electron chi connectivity index (χ3n) is 8.92. The molecule has 10 atom stereocenters. The third-order valence-corrected chi connectivity index (χ3v) is 11.5. The number of nitrogen functional groups attached to an aromatic ring is 1. The molecule has 292 valence electrons. The lowest BCUT2D eigenvalue weighted by Crippen LogP contribution is -2.47. The summed E-state index contributed by atoms with van der Waals surface area (Å²) in [7, 11) is -11.0. The lowest BCUT2D eigenvalue weighted by Gasteiger charge is -2.32. The fourth-order valence-electron chi connectivity index (χ4n) is 6.13. The van der Waals surface area contributed by atoms with Crippen LogP contribution in [0.25, 0.3) is 6.58 Å². The highest BCUT2D eigenvalue weighted by molar-refractivity contribution is 7.61. The van der Waals surface area contributed by atoms with Crippen LogP contribution in [0.4, 0.5) is 34.5 Å². The molecule has 0 aliphatic carbocycles. The number of rotatable bonds is 13. The van der Waals surface area contributed by atoms with Gasteiger partial charge in [-0.15, -0.1) is 0 Å². The van der Waals surface area contributed by atoms with Crippen molar-refractivity contribution in [2.75, 3.05) is 40.3 Å². The highest BCUT2D eigenvalue weighted by atomic mass is 31.3. The van der Waals surface area contributed by atoms with Gasteiger partial charge >= 0.3 is 21.3 Å². The second-order valence-corrected chi connectivity index (χ2v) is 15.6. The predicted molar refractivity (Wildman–Crippen MR) is 181 cm³/mol. The van der Waals surface area contributed by atoms with Gasteiger partial charge in [0.25, 0.3) is 5.56 Å². The normalized spacial score (nSPS) is 26.4. The Morgan fingerprint density at radius 3 is 2.52 bits per heavy atom. The van der Waals surface area contributed by atoms with E-state index in [1.54, 1.807) is 24.1 Å². The Morgan fingerprint density at radius 2 is 1.78 bits per heavy atom. The van der Waals surface area contributed by atoms with Crippen LogP contribution in [0, 0.1) is 6.92 Å². The van der Waals surface area contributed by atoms with Crippen LogP contribution >= 0.6 is 15.6 Å². The van der Waals surface area contributed by atoms with Crippen LogP contribution in [0.15, 0.2) is 33.0 Å². The standard InChI is InChI=1S/C27H34N10O15P2/c1-9-3-11-12(4-10(9)2)35(22-16(31-11)24(43)33-26(44)32-22)5-13(38)18(40)14(39)6-49-53(45,46)52-54(47,48)50-7-15-19(41)20(42)25(51-15)36-23-17(37-27(36)34-37)21(28)29-8-30-23/h3-4,8,13-15,18-20,25,27,34,38-42H,2,5-7H2,1H3,(H,45,46)(H,47,48)(H2,28,29,30)(H2,32,33,43,44)/t13-,14+,15+,18-,19+,20+,25+,27+,37?/m0/s1. The molecule has 3 aromatic rings. The second-order valence-electron chi connectivity index (χ2n) is 12.6. The van der Waals surface area contributed by atoms with Crippen LogP contribution in [0.5, 0.6) is 0 Å². The number of hydrogen-bond donors (Lipinski definition) is 11. The molecule has 0 amide bonds. The number of aryl methyl sites for hydroxylation is 1. The van der Waals surface area contributed by atoms with Crippen LogP contribution in [-0.4, -0.2) is 124 Å². The molecule has 27 heteroatoms. The SMILES string of the molecule is C=c1cc2c(cc1C)=Nc1c([nH]c(=O)[nH]c1=O)N2C[C@H](O)[C@H](O)[C@H](O)COP(=O)(O)OP(=O)(O)OC[C@H]1O[C@@H](N2c3ncnc(N)c3N3N[C@@H]32)[C@H](O)[C@@H]1O. The average molecular weight is 801 g/mol. The summed E-state index contributed by atoms with van der Waals surface area (Å²) in [6.07, 6.45) is -11.5. The number of hydrazine groups is 1. The summed E-state index contributed by atoms with van der Waals surface area (Å²) in [5.74, 6) is 0.258. The van der Waals surface area contributed by atoms with Gasteiger partial charge in [0.1, 0.15) is 54.5 Å². The molecule has 0 bridgehead atoms. The number of nitrogens with one attached hydrogen (secondary N) is 3. The first kappa shape index (κ1) is 38.1. The number of anilines is 5. The number of hydrogen-bond acceptors (Lipinski definition) is 21.